The number of benzene rings is 1. The highest BCUT2D eigenvalue weighted by atomic mass is 35.5. The van der Waals surface area contributed by atoms with Gasteiger partial charge < -0.3 is 14.5 Å². The minimum absolute atomic E-state index is 0.0181. The van der Waals surface area contributed by atoms with E-state index in [-0.39, 0.29) is 18.3 Å². The van der Waals surface area contributed by atoms with Gasteiger partial charge in [0, 0.05) is 54.4 Å². The number of methoxy groups -OCH3 is 1. The molecule has 3 aromatic rings. The summed E-state index contributed by atoms with van der Waals surface area (Å²) >= 11 is 6.10. The monoisotopic (exact) mass is 426 g/mol. The Morgan fingerprint density at radius 1 is 1.27 bits per heavy atom. The predicted molar refractivity (Wildman–Crippen MR) is 113 cm³/mol. The minimum Gasteiger partial charge on any atom is -0.495 e. The van der Waals surface area contributed by atoms with Gasteiger partial charge in [0.1, 0.15) is 18.1 Å². The lowest BCUT2D eigenvalue weighted by molar-refractivity contribution is -0.132. The zero-order valence-electron chi connectivity index (χ0n) is 16.3. The molecule has 1 aliphatic rings. The zero-order chi connectivity index (χ0) is 21.1. The summed E-state index contributed by atoms with van der Waals surface area (Å²) in [4.78, 5) is 23.6. The first-order valence-electron chi connectivity index (χ1n) is 9.32. The molecule has 0 radical (unpaired) electrons. The fraction of sp³-hybridized carbons (Fsp3) is 0.316. The lowest BCUT2D eigenvalue weighted by atomic mass is 10.2. The second-order valence-electron chi connectivity index (χ2n) is 6.78. The molecule has 3 heterocycles. The Hall–Kier alpha value is -3.49. The third-order valence-corrected chi connectivity index (χ3v) is 5.39. The lowest BCUT2D eigenvalue weighted by Gasteiger charge is -2.36. The van der Waals surface area contributed by atoms with Crippen LogP contribution >= 0.6 is 11.6 Å². The van der Waals surface area contributed by atoms with E-state index in [0.717, 1.165) is 11.1 Å². The molecule has 1 aliphatic heterocycles. The number of amides is 1. The third-order valence-electron chi connectivity index (χ3n) is 5.08. The van der Waals surface area contributed by atoms with Gasteiger partial charge in [0.15, 0.2) is 0 Å². The van der Waals surface area contributed by atoms with Crippen LogP contribution < -0.4 is 9.64 Å². The lowest BCUT2D eigenvalue weighted by Crippen LogP contribution is -2.49. The van der Waals surface area contributed by atoms with Crippen molar-refractivity contribution in [1.82, 2.24) is 19.7 Å². The van der Waals surface area contributed by atoms with Gasteiger partial charge in [-0.05, 0) is 28.8 Å². The number of aromatic nitrogens is 3. The molecule has 1 aromatic carbocycles. The first-order chi connectivity index (χ1) is 14.6. The number of piperazine rings is 1. The third kappa shape index (κ3) is 3.96. The summed E-state index contributed by atoms with van der Waals surface area (Å²) in [6, 6.07) is 7.30. The van der Waals surface area contributed by atoms with E-state index in [2.05, 4.69) is 25.0 Å². The van der Waals surface area contributed by atoms with E-state index in [4.69, 9.17) is 21.9 Å². The molecule has 0 spiro atoms. The highest BCUT2D eigenvalue weighted by Gasteiger charge is 2.22. The summed E-state index contributed by atoms with van der Waals surface area (Å²) < 4.78 is 6.89. The van der Waals surface area contributed by atoms with Crippen LogP contribution in [0.1, 0.15) is 0 Å². The fourth-order valence-corrected chi connectivity index (χ4v) is 3.67. The average Bonchev–Trinajstić information content (AvgIpc) is 3.16. The van der Waals surface area contributed by atoms with Gasteiger partial charge in [-0.3, -0.25) is 14.5 Å². The van der Waals surface area contributed by atoms with Crippen LogP contribution in [-0.2, 0) is 11.3 Å². The van der Waals surface area contributed by atoms with Gasteiger partial charge in [-0.2, -0.15) is 5.10 Å². The molecule has 1 fully saturated rings. The van der Waals surface area contributed by atoms with Crippen LogP contribution in [0, 0.1) is 0 Å². The van der Waals surface area contributed by atoms with Crippen LogP contribution in [-0.4, -0.2) is 58.9 Å². The molecule has 0 unspecified atom stereocenters. The van der Waals surface area contributed by atoms with Crippen molar-refractivity contribution in [1.29, 1.82) is 0 Å². The Labute approximate surface area is 177 Å². The van der Waals surface area contributed by atoms with E-state index in [9.17, 15) is 4.79 Å². The Bertz CT molecular complexity index is 1130. The summed E-state index contributed by atoms with van der Waals surface area (Å²) in [7, 11) is 1.59. The SMILES string of the molecule is COc1cc(N2CCN(C(=O)Cn3ncc4cnc(N=[N+]=[N-])cc43)CC2)ccc1Cl. The molecule has 0 saturated carbocycles. The number of pyridine rings is 1. The summed E-state index contributed by atoms with van der Waals surface area (Å²) in [6.07, 6.45) is 3.22. The van der Waals surface area contributed by atoms with Crippen LogP contribution in [0.4, 0.5) is 11.5 Å². The maximum Gasteiger partial charge on any atom is 0.244 e. The highest BCUT2D eigenvalue weighted by molar-refractivity contribution is 6.32. The van der Waals surface area contributed by atoms with Crippen LogP contribution in [0.5, 0.6) is 5.75 Å². The smallest absolute Gasteiger partial charge is 0.244 e. The topological polar surface area (TPSA) is 112 Å². The van der Waals surface area contributed by atoms with Crippen LogP contribution in [0.3, 0.4) is 0 Å². The van der Waals surface area contributed by atoms with Crippen molar-refractivity contribution in [3.05, 3.63) is 52.1 Å². The number of azide groups is 1. The Morgan fingerprint density at radius 2 is 2.07 bits per heavy atom. The largest absolute Gasteiger partial charge is 0.495 e. The molecule has 10 nitrogen and oxygen atoms in total. The molecule has 11 heteroatoms. The highest BCUT2D eigenvalue weighted by Crippen LogP contribution is 2.30. The van der Waals surface area contributed by atoms with Crippen molar-refractivity contribution in [3.8, 4) is 5.75 Å². The molecule has 1 saturated heterocycles. The summed E-state index contributed by atoms with van der Waals surface area (Å²) in [6.45, 7) is 2.74. The Morgan fingerprint density at radius 3 is 2.80 bits per heavy atom. The van der Waals surface area contributed by atoms with Crippen LogP contribution in [0.2, 0.25) is 5.02 Å². The summed E-state index contributed by atoms with van der Waals surface area (Å²) in [5.74, 6) is 0.856. The van der Waals surface area contributed by atoms with Crippen molar-refractivity contribution in [2.45, 2.75) is 6.54 Å². The first kappa shape index (κ1) is 19.8. The standard InChI is InChI=1S/C19H19ClN8O2/c1-30-17-8-14(2-3-15(17)20)26-4-6-27(7-5-26)19(29)12-28-16-9-18(24-25-21)22-10-13(16)11-23-28/h2-3,8-11H,4-7,12H2,1H3. The van der Waals surface area contributed by atoms with Crippen molar-refractivity contribution >= 4 is 39.9 Å². The molecule has 0 aliphatic carbocycles. The zero-order valence-corrected chi connectivity index (χ0v) is 17.0. The van der Waals surface area contributed by atoms with Gasteiger partial charge in [0.2, 0.25) is 5.91 Å². The molecule has 0 bridgehead atoms. The first-order valence-corrected chi connectivity index (χ1v) is 9.70. The molecule has 154 valence electrons. The molecule has 0 N–H and O–H groups in total. The number of halogens is 1. The number of hydrogen-bond donors (Lipinski definition) is 0. The van der Waals surface area contributed by atoms with Crippen LogP contribution in [0.15, 0.2) is 41.8 Å². The van der Waals surface area contributed by atoms with E-state index in [1.165, 1.54) is 0 Å². The van der Waals surface area contributed by atoms with Gasteiger partial charge in [-0.25, -0.2) is 0 Å². The maximum absolute atomic E-state index is 12.8. The molecular weight excluding hydrogens is 408 g/mol. The molecule has 0 atom stereocenters. The van der Waals surface area contributed by atoms with Crippen molar-refractivity contribution in [2.75, 3.05) is 38.2 Å². The fourth-order valence-electron chi connectivity index (χ4n) is 3.48. The molecule has 2 aromatic heterocycles. The van der Waals surface area contributed by atoms with Gasteiger partial charge in [-0.15, -0.1) is 0 Å². The van der Waals surface area contributed by atoms with E-state index >= 15 is 0 Å². The van der Waals surface area contributed by atoms with Crippen molar-refractivity contribution < 1.29 is 9.53 Å². The summed E-state index contributed by atoms with van der Waals surface area (Å²) in [5.41, 5.74) is 10.3. The Kier molecular flexibility index (Phi) is 5.60. The number of ether oxygens (including phenoxy) is 1. The van der Waals surface area contributed by atoms with Crippen molar-refractivity contribution in [3.63, 3.8) is 0 Å². The number of carbonyl (C=O) groups excluding carboxylic acids is 1. The second-order valence-corrected chi connectivity index (χ2v) is 7.19. The van der Waals surface area contributed by atoms with E-state index in [1.807, 2.05) is 23.1 Å². The van der Waals surface area contributed by atoms with E-state index < -0.39 is 0 Å². The Balaban J connectivity index is 1.42. The average molecular weight is 427 g/mol. The number of rotatable bonds is 5. The van der Waals surface area contributed by atoms with Gasteiger partial charge in [0.05, 0.1) is 23.8 Å². The quantitative estimate of drug-likeness (QED) is 0.352. The van der Waals surface area contributed by atoms with E-state index in [0.29, 0.717) is 42.5 Å². The number of hydrogen-bond acceptors (Lipinski definition) is 6. The molecule has 30 heavy (non-hydrogen) atoms. The normalized spacial score (nSPS) is 13.9. The van der Waals surface area contributed by atoms with Crippen molar-refractivity contribution in [2.24, 2.45) is 5.11 Å². The number of anilines is 1. The minimum atomic E-state index is -0.0181. The number of fused-ring (bicyclic) bond motifs is 1. The molecular formula is C19H19ClN8O2. The van der Waals surface area contributed by atoms with Gasteiger partial charge in [0.25, 0.3) is 0 Å². The van der Waals surface area contributed by atoms with E-state index in [1.54, 1.807) is 30.3 Å². The maximum atomic E-state index is 12.8. The van der Waals surface area contributed by atoms with Gasteiger partial charge in [-0.1, -0.05) is 11.6 Å². The second kappa shape index (κ2) is 8.48. The molecule has 4 rings (SSSR count). The molecule has 1 amide bonds. The summed E-state index contributed by atoms with van der Waals surface area (Å²) in [5, 5.41) is 9.14. The number of nitrogens with zero attached hydrogens (tertiary/aromatic N) is 8. The van der Waals surface area contributed by atoms with Crippen LogP contribution in [0.25, 0.3) is 21.3 Å². The number of carbonyl (C=O) groups is 1. The van der Waals surface area contributed by atoms with Gasteiger partial charge >= 0.3 is 0 Å². The predicted octanol–water partition coefficient (Wildman–Crippen LogP) is 3.38.